The number of carbonyl (C=O) groups is 2. The van der Waals surface area contributed by atoms with E-state index in [0.29, 0.717) is 18.9 Å². The van der Waals surface area contributed by atoms with Gasteiger partial charge < -0.3 is 14.9 Å². The number of hydrogen-bond donors (Lipinski definition) is 1. The van der Waals surface area contributed by atoms with Crippen molar-refractivity contribution in [2.45, 2.75) is 25.1 Å². The summed E-state index contributed by atoms with van der Waals surface area (Å²) in [7, 11) is 3.09. The van der Waals surface area contributed by atoms with Gasteiger partial charge in [-0.05, 0) is 25.0 Å². The van der Waals surface area contributed by atoms with Gasteiger partial charge in [-0.25, -0.2) is 0 Å². The number of hydrogen-bond acceptors (Lipinski definition) is 3. The fourth-order valence-electron chi connectivity index (χ4n) is 2.66. The summed E-state index contributed by atoms with van der Waals surface area (Å²) >= 11 is 0. The maximum absolute atomic E-state index is 12.8. The standard InChI is InChI=1S/C15H17F3N2O3/c1-19(2)14(23)11-7-4-8-20(11)13(22)9-5-3-6-10(12(9)21)15(16,17)18/h3,5-6,11,21H,4,7-8H2,1-2H3. The van der Waals surface area contributed by atoms with Crippen molar-refractivity contribution in [2.75, 3.05) is 20.6 Å². The van der Waals surface area contributed by atoms with E-state index in [1.165, 1.54) is 9.80 Å². The summed E-state index contributed by atoms with van der Waals surface area (Å²) in [5.74, 6) is -2.17. The van der Waals surface area contributed by atoms with Crippen molar-refractivity contribution in [3.8, 4) is 5.75 Å². The van der Waals surface area contributed by atoms with Gasteiger partial charge in [-0.3, -0.25) is 9.59 Å². The molecule has 1 heterocycles. The van der Waals surface area contributed by atoms with Gasteiger partial charge in [-0.2, -0.15) is 13.2 Å². The van der Waals surface area contributed by atoms with Gasteiger partial charge in [-0.15, -0.1) is 0 Å². The van der Waals surface area contributed by atoms with Crippen molar-refractivity contribution in [3.05, 3.63) is 29.3 Å². The number of amides is 2. The third-order valence-electron chi connectivity index (χ3n) is 3.81. The fourth-order valence-corrected chi connectivity index (χ4v) is 2.66. The van der Waals surface area contributed by atoms with Gasteiger partial charge in [0.1, 0.15) is 11.8 Å². The summed E-state index contributed by atoms with van der Waals surface area (Å²) in [6.45, 7) is 0.263. The number of halogens is 3. The van der Waals surface area contributed by atoms with E-state index >= 15 is 0 Å². The van der Waals surface area contributed by atoms with Crippen LogP contribution in [0.15, 0.2) is 18.2 Å². The van der Waals surface area contributed by atoms with Crippen LogP contribution in [-0.4, -0.2) is 53.4 Å². The number of aromatic hydroxyl groups is 1. The molecule has 1 atom stereocenters. The molecule has 0 bridgehead atoms. The molecule has 0 saturated carbocycles. The summed E-state index contributed by atoms with van der Waals surface area (Å²) in [5, 5.41) is 9.83. The van der Waals surface area contributed by atoms with E-state index in [1.807, 2.05) is 0 Å². The number of alkyl halides is 3. The quantitative estimate of drug-likeness (QED) is 0.903. The molecule has 23 heavy (non-hydrogen) atoms. The minimum atomic E-state index is -4.76. The maximum Gasteiger partial charge on any atom is 0.419 e. The first-order chi connectivity index (χ1) is 10.6. The van der Waals surface area contributed by atoms with Gasteiger partial charge in [0.2, 0.25) is 5.91 Å². The second-order valence-corrected chi connectivity index (χ2v) is 5.59. The smallest absolute Gasteiger partial charge is 0.419 e. The van der Waals surface area contributed by atoms with Crippen LogP contribution in [0.4, 0.5) is 13.2 Å². The molecule has 5 nitrogen and oxygen atoms in total. The van der Waals surface area contributed by atoms with Crippen LogP contribution >= 0.6 is 0 Å². The minimum Gasteiger partial charge on any atom is -0.506 e. The van der Waals surface area contributed by atoms with Crippen LogP contribution in [-0.2, 0) is 11.0 Å². The number of rotatable bonds is 2. The third kappa shape index (κ3) is 3.25. The second kappa shape index (κ2) is 6.10. The number of phenolic OH excluding ortho intramolecular Hbond substituents is 1. The van der Waals surface area contributed by atoms with Gasteiger partial charge >= 0.3 is 6.18 Å². The molecule has 1 aliphatic rings. The molecule has 1 fully saturated rings. The molecule has 0 aliphatic carbocycles. The number of carbonyl (C=O) groups excluding carboxylic acids is 2. The van der Waals surface area contributed by atoms with E-state index in [9.17, 15) is 27.9 Å². The Kier molecular flexibility index (Phi) is 4.53. The normalized spacial score (nSPS) is 18.1. The molecule has 0 spiro atoms. The Balaban J connectivity index is 2.36. The van der Waals surface area contributed by atoms with Crippen LogP contribution in [0.3, 0.4) is 0 Å². The monoisotopic (exact) mass is 330 g/mol. The van der Waals surface area contributed by atoms with Crippen LogP contribution in [0.25, 0.3) is 0 Å². The molecule has 1 saturated heterocycles. The summed E-state index contributed by atoms with van der Waals surface area (Å²) in [6.07, 6.45) is -3.73. The van der Waals surface area contributed by atoms with Crippen LogP contribution in [0.2, 0.25) is 0 Å². The number of phenols is 1. The van der Waals surface area contributed by atoms with E-state index in [4.69, 9.17) is 0 Å². The predicted octanol–water partition coefficient (Wildman–Crippen LogP) is 2.10. The number of likely N-dealkylation sites (tertiary alicyclic amines) is 1. The highest BCUT2D eigenvalue weighted by atomic mass is 19.4. The van der Waals surface area contributed by atoms with Crippen molar-refractivity contribution in [2.24, 2.45) is 0 Å². The molecular formula is C15H17F3N2O3. The van der Waals surface area contributed by atoms with Gasteiger partial charge in [0.15, 0.2) is 0 Å². The first kappa shape index (κ1) is 17.1. The lowest BCUT2D eigenvalue weighted by molar-refractivity contribution is -0.139. The van der Waals surface area contributed by atoms with Crippen LogP contribution in [0, 0.1) is 0 Å². The molecule has 1 N–H and O–H groups in total. The zero-order valence-electron chi connectivity index (χ0n) is 12.7. The lowest BCUT2D eigenvalue weighted by Gasteiger charge is -2.26. The SMILES string of the molecule is CN(C)C(=O)C1CCCN1C(=O)c1cccc(C(F)(F)F)c1O. The summed E-state index contributed by atoms with van der Waals surface area (Å²) in [5.41, 5.74) is -1.71. The Labute approximate surface area is 131 Å². The average Bonchev–Trinajstić information content (AvgIpc) is 2.93. The molecule has 126 valence electrons. The molecule has 0 aromatic heterocycles. The highest BCUT2D eigenvalue weighted by Gasteiger charge is 2.39. The van der Waals surface area contributed by atoms with Gasteiger partial charge in [0, 0.05) is 20.6 Å². The average molecular weight is 330 g/mol. The van der Waals surface area contributed by atoms with Gasteiger partial charge in [0.05, 0.1) is 11.1 Å². The van der Waals surface area contributed by atoms with Crippen molar-refractivity contribution < 1.29 is 27.9 Å². The predicted molar refractivity (Wildman–Crippen MR) is 75.9 cm³/mol. The molecule has 1 aromatic carbocycles. The number of benzene rings is 1. The Bertz CT molecular complexity index is 629. The lowest BCUT2D eigenvalue weighted by atomic mass is 10.1. The topological polar surface area (TPSA) is 60.9 Å². The highest BCUT2D eigenvalue weighted by molar-refractivity contribution is 6.00. The second-order valence-electron chi connectivity index (χ2n) is 5.59. The van der Waals surface area contributed by atoms with Crippen molar-refractivity contribution in [3.63, 3.8) is 0 Å². The molecular weight excluding hydrogens is 313 g/mol. The molecule has 1 aliphatic heterocycles. The first-order valence-electron chi connectivity index (χ1n) is 7.06. The van der Waals surface area contributed by atoms with Gasteiger partial charge in [-0.1, -0.05) is 6.07 Å². The Morgan fingerprint density at radius 3 is 2.52 bits per heavy atom. The molecule has 0 radical (unpaired) electrons. The Morgan fingerprint density at radius 2 is 1.96 bits per heavy atom. The van der Waals surface area contributed by atoms with E-state index < -0.39 is 35.0 Å². The van der Waals surface area contributed by atoms with Crippen LogP contribution in [0.5, 0.6) is 5.75 Å². The third-order valence-corrected chi connectivity index (χ3v) is 3.81. The highest BCUT2D eigenvalue weighted by Crippen LogP contribution is 2.38. The van der Waals surface area contributed by atoms with Crippen molar-refractivity contribution >= 4 is 11.8 Å². The van der Waals surface area contributed by atoms with E-state index in [-0.39, 0.29) is 12.5 Å². The molecule has 1 aromatic rings. The van der Waals surface area contributed by atoms with Crippen molar-refractivity contribution in [1.29, 1.82) is 0 Å². The summed E-state index contributed by atoms with van der Waals surface area (Å²) < 4.78 is 38.5. The van der Waals surface area contributed by atoms with E-state index in [0.717, 1.165) is 12.1 Å². The zero-order chi connectivity index (χ0) is 17.4. The molecule has 2 amide bonds. The van der Waals surface area contributed by atoms with Crippen LogP contribution < -0.4 is 0 Å². The van der Waals surface area contributed by atoms with Gasteiger partial charge in [0.25, 0.3) is 5.91 Å². The summed E-state index contributed by atoms with van der Waals surface area (Å²) in [4.78, 5) is 27.2. The Hall–Kier alpha value is -2.25. The molecule has 1 unspecified atom stereocenters. The number of likely N-dealkylation sites (N-methyl/N-ethyl adjacent to an activating group) is 1. The van der Waals surface area contributed by atoms with E-state index in [1.54, 1.807) is 14.1 Å². The Morgan fingerprint density at radius 1 is 1.30 bits per heavy atom. The van der Waals surface area contributed by atoms with E-state index in [2.05, 4.69) is 0 Å². The maximum atomic E-state index is 12.8. The molecule has 8 heteroatoms. The largest absolute Gasteiger partial charge is 0.506 e. The fraction of sp³-hybridized carbons (Fsp3) is 0.467. The molecule has 2 rings (SSSR count). The van der Waals surface area contributed by atoms with Crippen LogP contribution in [0.1, 0.15) is 28.8 Å². The zero-order valence-corrected chi connectivity index (χ0v) is 12.7. The summed E-state index contributed by atoms with van der Waals surface area (Å²) in [6, 6.07) is 2.18. The first-order valence-corrected chi connectivity index (χ1v) is 7.06. The van der Waals surface area contributed by atoms with Crippen molar-refractivity contribution in [1.82, 2.24) is 9.80 Å². The number of para-hydroxylation sites is 1. The number of nitrogens with zero attached hydrogens (tertiary/aromatic N) is 2. The lowest BCUT2D eigenvalue weighted by Crippen LogP contribution is -2.45. The minimum absolute atomic E-state index is 0.263.